The number of para-hydroxylation sites is 4. The molecule has 0 saturated carbocycles. The quantitative estimate of drug-likeness (QED) is 0.0661. The Bertz CT molecular complexity index is 2020. The lowest BCUT2D eigenvalue weighted by Crippen LogP contribution is -2.47. The molecule has 0 unspecified atom stereocenters. The summed E-state index contributed by atoms with van der Waals surface area (Å²) in [6.45, 7) is 12.3. The first-order chi connectivity index (χ1) is 24.4. The van der Waals surface area contributed by atoms with Gasteiger partial charge in [0.15, 0.2) is 10.2 Å². The zero-order valence-electron chi connectivity index (χ0n) is 28.8. The van der Waals surface area contributed by atoms with Gasteiger partial charge in [0.2, 0.25) is 0 Å². The molecule has 1 aliphatic heterocycles. The molecule has 256 valence electrons. The van der Waals surface area contributed by atoms with Crippen LogP contribution < -0.4 is 21.3 Å². The molecule has 4 aromatic carbocycles. The maximum atomic E-state index is 5.74. The molecule has 0 atom stereocenters. The third-order valence-corrected chi connectivity index (χ3v) is 10.1. The van der Waals surface area contributed by atoms with Gasteiger partial charge in [-0.15, -0.1) is 0 Å². The highest BCUT2D eigenvalue weighted by molar-refractivity contribution is 7.80. The van der Waals surface area contributed by atoms with Crippen LogP contribution in [0.25, 0.3) is 43.6 Å². The van der Waals surface area contributed by atoms with Gasteiger partial charge in [0.1, 0.15) is 0 Å². The largest absolute Gasteiger partial charge is 0.362 e. The van der Waals surface area contributed by atoms with Crippen molar-refractivity contribution in [3.63, 3.8) is 0 Å². The summed E-state index contributed by atoms with van der Waals surface area (Å²) in [5.41, 5.74) is 8.29. The molecule has 0 amide bonds. The molecule has 6 aromatic rings. The number of nitrogens with zero attached hydrogens (tertiary/aromatic N) is 4. The third kappa shape index (κ3) is 7.63. The second-order valence-electron chi connectivity index (χ2n) is 13.1. The summed E-state index contributed by atoms with van der Waals surface area (Å²) in [7, 11) is 0. The second-order valence-corrected chi connectivity index (χ2v) is 13.9. The number of benzene rings is 4. The molecule has 1 saturated heterocycles. The van der Waals surface area contributed by atoms with E-state index < -0.39 is 0 Å². The van der Waals surface area contributed by atoms with E-state index in [9.17, 15) is 0 Å². The van der Waals surface area contributed by atoms with E-state index in [0.29, 0.717) is 10.2 Å². The minimum Gasteiger partial charge on any atom is -0.362 e. The first-order valence-electron chi connectivity index (χ1n) is 17.5. The number of rotatable bonds is 10. The number of anilines is 2. The van der Waals surface area contributed by atoms with E-state index in [0.717, 1.165) is 131 Å². The van der Waals surface area contributed by atoms with Crippen molar-refractivity contribution < 1.29 is 0 Å². The second kappa shape index (κ2) is 15.6. The van der Waals surface area contributed by atoms with Crippen LogP contribution in [0, 0.1) is 13.8 Å². The van der Waals surface area contributed by atoms with Gasteiger partial charge in [-0.2, -0.15) is 0 Å². The molecule has 1 fully saturated rings. The smallest absolute Gasteiger partial charge is 0.170 e. The number of fused-ring (bicyclic) bond motifs is 4. The number of aryl methyl sites for hydroxylation is 2. The van der Waals surface area contributed by atoms with Crippen LogP contribution in [-0.4, -0.2) is 82.4 Å². The van der Waals surface area contributed by atoms with E-state index in [1.165, 1.54) is 0 Å². The summed E-state index contributed by atoms with van der Waals surface area (Å²) in [5.74, 6) is 0. The van der Waals surface area contributed by atoms with Gasteiger partial charge < -0.3 is 31.1 Å². The van der Waals surface area contributed by atoms with Crippen LogP contribution in [0.1, 0.15) is 24.0 Å². The minimum atomic E-state index is 0.648. The Morgan fingerprint density at radius 2 is 0.960 bits per heavy atom. The maximum absolute atomic E-state index is 5.74. The molecule has 0 aliphatic carbocycles. The summed E-state index contributed by atoms with van der Waals surface area (Å²) in [6, 6.07) is 29.1. The van der Waals surface area contributed by atoms with E-state index in [1.54, 1.807) is 0 Å². The fourth-order valence-corrected chi connectivity index (χ4v) is 7.35. The van der Waals surface area contributed by atoms with Crippen molar-refractivity contribution in [1.82, 2.24) is 30.4 Å². The Balaban J connectivity index is 0.818. The Kier molecular flexibility index (Phi) is 10.6. The molecule has 2 aromatic heterocycles. The van der Waals surface area contributed by atoms with Crippen LogP contribution in [0.15, 0.2) is 84.9 Å². The molecular formula is C40H44N8S2. The van der Waals surface area contributed by atoms with Gasteiger partial charge in [-0.05, 0) is 87.5 Å². The summed E-state index contributed by atoms with van der Waals surface area (Å²) < 4.78 is 0. The zero-order valence-corrected chi connectivity index (χ0v) is 30.4. The number of pyridine rings is 2. The molecular weight excluding hydrogens is 657 g/mol. The topological polar surface area (TPSA) is 80.4 Å². The minimum absolute atomic E-state index is 0.648. The van der Waals surface area contributed by atoms with Gasteiger partial charge in [-0.3, -0.25) is 0 Å². The standard InChI is InChI=1S/C40H44N8S2/c1-27-11-7-15-31-35(27)43-33-17-5-3-13-29(33)37(31)45-39(49)41-19-9-21-47-23-25-48(26-24-47)22-10-20-42-40(50)46-38-30-14-4-6-18-34(30)44-36-28(2)12-8-16-32(36)38/h3-8,11-18H,9-10,19-26H2,1-2H3,(H2,41,43,45,49)(H2,42,44,46,50). The van der Waals surface area contributed by atoms with E-state index >= 15 is 0 Å². The summed E-state index contributed by atoms with van der Waals surface area (Å²) >= 11 is 11.5. The molecule has 3 heterocycles. The first kappa shape index (κ1) is 34.0. The van der Waals surface area contributed by atoms with Crippen molar-refractivity contribution in [3.8, 4) is 0 Å². The van der Waals surface area contributed by atoms with Crippen molar-refractivity contribution in [2.45, 2.75) is 26.7 Å². The lowest BCUT2D eigenvalue weighted by molar-refractivity contribution is 0.131. The van der Waals surface area contributed by atoms with Crippen molar-refractivity contribution in [1.29, 1.82) is 0 Å². The molecule has 8 nitrogen and oxygen atoms in total. The molecule has 1 aliphatic rings. The Morgan fingerprint density at radius 1 is 0.560 bits per heavy atom. The van der Waals surface area contributed by atoms with Crippen molar-refractivity contribution >= 4 is 89.6 Å². The Morgan fingerprint density at radius 3 is 1.40 bits per heavy atom. The zero-order chi connectivity index (χ0) is 34.5. The van der Waals surface area contributed by atoms with Gasteiger partial charge in [-0.25, -0.2) is 9.97 Å². The summed E-state index contributed by atoms with van der Waals surface area (Å²) in [6.07, 6.45) is 2.07. The Labute approximate surface area is 304 Å². The number of piperazine rings is 1. The molecule has 0 spiro atoms. The molecule has 10 heteroatoms. The average Bonchev–Trinajstić information content (AvgIpc) is 3.13. The fraction of sp³-hybridized carbons (Fsp3) is 0.300. The lowest BCUT2D eigenvalue weighted by atomic mass is 10.1. The van der Waals surface area contributed by atoms with Crippen molar-refractivity contribution in [2.24, 2.45) is 0 Å². The van der Waals surface area contributed by atoms with Crippen LogP contribution in [0.3, 0.4) is 0 Å². The van der Waals surface area contributed by atoms with Gasteiger partial charge in [0.25, 0.3) is 0 Å². The third-order valence-electron chi connectivity index (χ3n) is 9.64. The van der Waals surface area contributed by atoms with Crippen LogP contribution >= 0.6 is 24.4 Å². The van der Waals surface area contributed by atoms with Crippen LogP contribution in [-0.2, 0) is 0 Å². The number of hydrogen-bond donors (Lipinski definition) is 4. The highest BCUT2D eigenvalue weighted by Gasteiger charge is 2.17. The van der Waals surface area contributed by atoms with Crippen LogP contribution in [0.2, 0.25) is 0 Å². The van der Waals surface area contributed by atoms with Gasteiger partial charge >= 0.3 is 0 Å². The van der Waals surface area contributed by atoms with Gasteiger partial charge in [0, 0.05) is 60.8 Å². The highest BCUT2D eigenvalue weighted by Crippen LogP contribution is 2.33. The maximum Gasteiger partial charge on any atom is 0.170 e. The van der Waals surface area contributed by atoms with Gasteiger partial charge in [0.05, 0.1) is 33.4 Å². The normalized spacial score (nSPS) is 14.0. The number of aromatic nitrogens is 2. The highest BCUT2D eigenvalue weighted by atomic mass is 32.1. The lowest BCUT2D eigenvalue weighted by Gasteiger charge is -2.34. The fourth-order valence-electron chi connectivity index (χ4n) is 6.94. The van der Waals surface area contributed by atoms with E-state index in [1.807, 2.05) is 24.3 Å². The van der Waals surface area contributed by atoms with Crippen molar-refractivity contribution in [2.75, 3.05) is 63.0 Å². The van der Waals surface area contributed by atoms with Crippen LogP contribution in [0.5, 0.6) is 0 Å². The van der Waals surface area contributed by atoms with Crippen molar-refractivity contribution in [3.05, 3.63) is 96.1 Å². The SMILES string of the molecule is Cc1cccc2c(NC(=S)NCCCN3CCN(CCCNC(=S)Nc4c5ccccc5nc5c(C)cccc45)CC3)c3ccccc3nc12. The van der Waals surface area contributed by atoms with Gasteiger partial charge in [-0.1, -0.05) is 72.8 Å². The molecule has 7 rings (SSSR count). The van der Waals surface area contributed by atoms with Crippen LogP contribution in [0.4, 0.5) is 11.4 Å². The summed E-state index contributed by atoms with van der Waals surface area (Å²) in [4.78, 5) is 14.9. The van der Waals surface area contributed by atoms with E-state index in [4.69, 9.17) is 34.4 Å². The monoisotopic (exact) mass is 700 g/mol. The molecule has 0 radical (unpaired) electrons. The average molecular weight is 701 g/mol. The number of hydrogen-bond acceptors (Lipinski definition) is 6. The van der Waals surface area contributed by atoms with E-state index in [2.05, 4.69) is 106 Å². The summed E-state index contributed by atoms with van der Waals surface area (Å²) in [5, 5.41) is 19.5. The Hall–Kier alpha value is -4.48. The molecule has 4 N–H and O–H groups in total. The molecule has 50 heavy (non-hydrogen) atoms. The predicted molar refractivity (Wildman–Crippen MR) is 219 cm³/mol. The molecule has 0 bridgehead atoms. The van der Waals surface area contributed by atoms with E-state index in [-0.39, 0.29) is 0 Å². The number of thiocarbonyl (C=S) groups is 2. The number of nitrogens with one attached hydrogen (secondary N) is 4. The predicted octanol–water partition coefficient (Wildman–Crippen LogP) is 7.38. The first-order valence-corrected chi connectivity index (χ1v) is 18.4.